The van der Waals surface area contributed by atoms with E-state index in [0.717, 1.165) is 0 Å². The fourth-order valence-corrected chi connectivity index (χ4v) is 1.26. The molecule has 0 saturated heterocycles. The first-order valence-electron chi connectivity index (χ1n) is 4.42. The molecule has 0 radical (unpaired) electrons. The SMILES string of the molecule is CCOC(=O)C1=CN(C)C(=O)N(C)C1. The van der Waals surface area contributed by atoms with E-state index in [9.17, 15) is 9.59 Å². The molecule has 0 fully saturated rings. The van der Waals surface area contributed by atoms with Gasteiger partial charge in [-0.25, -0.2) is 9.59 Å². The van der Waals surface area contributed by atoms with Crippen molar-refractivity contribution in [1.29, 1.82) is 0 Å². The van der Waals surface area contributed by atoms with Gasteiger partial charge in [0.2, 0.25) is 0 Å². The summed E-state index contributed by atoms with van der Waals surface area (Å²) < 4.78 is 4.84. The van der Waals surface area contributed by atoms with Gasteiger partial charge in [-0.2, -0.15) is 0 Å². The van der Waals surface area contributed by atoms with Gasteiger partial charge in [-0.3, -0.25) is 0 Å². The van der Waals surface area contributed by atoms with E-state index in [1.807, 2.05) is 0 Å². The molecule has 14 heavy (non-hydrogen) atoms. The Bertz CT molecular complexity index is 286. The molecule has 0 aromatic carbocycles. The average Bonchev–Trinajstić information content (AvgIpc) is 2.13. The highest BCUT2D eigenvalue weighted by molar-refractivity contribution is 5.92. The number of rotatable bonds is 2. The molecule has 0 aliphatic carbocycles. The van der Waals surface area contributed by atoms with Crippen LogP contribution in [0.4, 0.5) is 4.79 Å². The van der Waals surface area contributed by atoms with Gasteiger partial charge in [-0.05, 0) is 6.92 Å². The molecule has 0 bridgehead atoms. The molecule has 1 aliphatic rings. The summed E-state index contributed by atoms with van der Waals surface area (Å²) in [5.41, 5.74) is 0.497. The molecule has 0 aromatic heterocycles. The maximum Gasteiger partial charge on any atom is 0.337 e. The molecule has 1 rings (SSSR count). The second-order valence-electron chi connectivity index (χ2n) is 3.12. The third-order valence-corrected chi connectivity index (χ3v) is 1.92. The molecule has 1 aliphatic heterocycles. The Balaban J connectivity index is 2.76. The Hall–Kier alpha value is -1.52. The summed E-state index contributed by atoms with van der Waals surface area (Å²) in [6.07, 6.45) is 1.51. The Morgan fingerprint density at radius 3 is 2.71 bits per heavy atom. The van der Waals surface area contributed by atoms with Crippen molar-refractivity contribution in [2.24, 2.45) is 0 Å². The molecule has 0 spiro atoms. The first kappa shape index (κ1) is 10.6. The highest BCUT2D eigenvalue weighted by Gasteiger charge is 2.24. The van der Waals surface area contributed by atoms with Gasteiger partial charge >= 0.3 is 12.0 Å². The fourth-order valence-electron chi connectivity index (χ4n) is 1.26. The van der Waals surface area contributed by atoms with Crippen LogP contribution in [0.25, 0.3) is 0 Å². The Morgan fingerprint density at radius 2 is 2.21 bits per heavy atom. The van der Waals surface area contributed by atoms with Crippen LogP contribution in [0.1, 0.15) is 6.92 Å². The molecule has 0 saturated carbocycles. The van der Waals surface area contributed by atoms with Gasteiger partial charge in [0, 0.05) is 20.3 Å². The van der Waals surface area contributed by atoms with Crippen molar-refractivity contribution < 1.29 is 14.3 Å². The van der Waals surface area contributed by atoms with Crippen molar-refractivity contribution in [1.82, 2.24) is 9.80 Å². The standard InChI is InChI=1S/C9H14N2O3/c1-4-14-8(12)7-5-10(2)9(13)11(3)6-7/h5H,4,6H2,1-3H3. The second kappa shape index (κ2) is 4.13. The molecule has 5 heteroatoms. The first-order valence-corrected chi connectivity index (χ1v) is 4.42. The lowest BCUT2D eigenvalue weighted by molar-refractivity contribution is -0.138. The number of carbonyl (C=O) groups is 2. The van der Waals surface area contributed by atoms with Crippen LogP contribution in [-0.4, -0.2) is 49.0 Å². The van der Waals surface area contributed by atoms with Gasteiger partial charge in [0.25, 0.3) is 0 Å². The zero-order valence-corrected chi connectivity index (χ0v) is 8.61. The molecule has 0 unspecified atom stereocenters. The molecule has 0 N–H and O–H groups in total. The summed E-state index contributed by atoms with van der Waals surface area (Å²) in [4.78, 5) is 25.5. The Kier molecular flexibility index (Phi) is 3.11. The number of amides is 2. The lowest BCUT2D eigenvalue weighted by Crippen LogP contribution is -2.42. The highest BCUT2D eigenvalue weighted by atomic mass is 16.5. The van der Waals surface area contributed by atoms with Crippen LogP contribution in [0.2, 0.25) is 0 Å². The quantitative estimate of drug-likeness (QED) is 0.604. The minimum absolute atomic E-state index is 0.127. The summed E-state index contributed by atoms with van der Waals surface area (Å²) in [5, 5.41) is 0. The van der Waals surface area contributed by atoms with Gasteiger partial charge in [0.1, 0.15) is 0 Å². The summed E-state index contributed by atoms with van der Waals surface area (Å²) >= 11 is 0. The fraction of sp³-hybridized carbons (Fsp3) is 0.556. The van der Waals surface area contributed by atoms with Gasteiger partial charge < -0.3 is 14.5 Å². The lowest BCUT2D eigenvalue weighted by Gasteiger charge is -2.28. The van der Waals surface area contributed by atoms with Crippen LogP contribution in [0.3, 0.4) is 0 Å². The smallest absolute Gasteiger partial charge is 0.337 e. The van der Waals surface area contributed by atoms with E-state index in [0.29, 0.717) is 18.7 Å². The molecular weight excluding hydrogens is 184 g/mol. The Labute approximate surface area is 82.9 Å². The third-order valence-electron chi connectivity index (χ3n) is 1.92. The number of hydrogen-bond acceptors (Lipinski definition) is 3. The van der Waals surface area contributed by atoms with E-state index in [1.54, 1.807) is 21.0 Å². The number of hydrogen-bond donors (Lipinski definition) is 0. The van der Waals surface area contributed by atoms with Gasteiger partial charge in [-0.1, -0.05) is 0 Å². The van der Waals surface area contributed by atoms with Crippen LogP contribution in [0.5, 0.6) is 0 Å². The van der Waals surface area contributed by atoms with Gasteiger partial charge in [-0.15, -0.1) is 0 Å². The molecule has 0 atom stereocenters. The van der Waals surface area contributed by atoms with Crippen LogP contribution >= 0.6 is 0 Å². The molecule has 1 heterocycles. The zero-order valence-electron chi connectivity index (χ0n) is 8.61. The number of likely N-dealkylation sites (N-methyl/N-ethyl adjacent to an activating group) is 1. The van der Waals surface area contributed by atoms with Crippen LogP contribution < -0.4 is 0 Å². The summed E-state index contributed by atoms with van der Waals surface area (Å²) in [5.74, 6) is -0.362. The number of urea groups is 1. The van der Waals surface area contributed by atoms with Crippen molar-refractivity contribution in [3.8, 4) is 0 Å². The topological polar surface area (TPSA) is 49.9 Å². The number of esters is 1. The number of ether oxygens (including phenoxy) is 1. The third kappa shape index (κ3) is 2.04. The minimum atomic E-state index is -0.362. The summed E-state index contributed by atoms with van der Waals surface area (Å²) in [7, 11) is 3.25. The van der Waals surface area contributed by atoms with E-state index in [4.69, 9.17) is 4.74 Å². The van der Waals surface area contributed by atoms with E-state index < -0.39 is 0 Å². The Morgan fingerprint density at radius 1 is 1.57 bits per heavy atom. The maximum atomic E-state index is 11.3. The van der Waals surface area contributed by atoms with Gasteiger partial charge in [0.15, 0.2) is 0 Å². The van der Waals surface area contributed by atoms with Crippen molar-refractivity contribution >= 4 is 12.0 Å². The minimum Gasteiger partial charge on any atom is -0.463 e. The molecule has 78 valence electrons. The van der Waals surface area contributed by atoms with E-state index in [2.05, 4.69) is 0 Å². The van der Waals surface area contributed by atoms with E-state index in [1.165, 1.54) is 16.0 Å². The zero-order chi connectivity index (χ0) is 10.7. The second-order valence-corrected chi connectivity index (χ2v) is 3.12. The average molecular weight is 198 g/mol. The van der Waals surface area contributed by atoms with Crippen LogP contribution in [0, 0.1) is 0 Å². The van der Waals surface area contributed by atoms with Crippen molar-refractivity contribution in [3.05, 3.63) is 11.8 Å². The first-order chi connectivity index (χ1) is 6.56. The van der Waals surface area contributed by atoms with Crippen LogP contribution in [-0.2, 0) is 9.53 Å². The predicted octanol–water partition coefficient (Wildman–Crippen LogP) is 0.431. The number of carbonyl (C=O) groups excluding carboxylic acids is 2. The van der Waals surface area contributed by atoms with E-state index >= 15 is 0 Å². The largest absolute Gasteiger partial charge is 0.463 e. The molecule has 2 amide bonds. The molecule has 0 aromatic rings. The number of nitrogens with zero attached hydrogens (tertiary/aromatic N) is 2. The monoisotopic (exact) mass is 198 g/mol. The lowest BCUT2D eigenvalue weighted by atomic mass is 10.2. The normalized spacial score (nSPS) is 16.8. The summed E-state index contributed by atoms with van der Waals surface area (Å²) in [6, 6.07) is -0.127. The van der Waals surface area contributed by atoms with Crippen LogP contribution in [0.15, 0.2) is 11.8 Å². The van der Waals surface area contributed by atoms with Crippen molar-refractivity contribution in [2.45, 2.75) is 6.92 Å². The maximum absolute atomic E-state index is 11.3. The summed E-state index contributed by atoms with van der Waals surface area (Å²) in [6.45, 7) is 2.40. The van der Waals surface area contributed by atoms with Crippen molar-refractivity contribution in [2.75, 3.05) is 27.2 Å². The van der Waals surface area contributed by atoms with E-state index in [-0.39, 0.29) is 12.0 Å². The van der Waals surface area contributed by atoms with Crippen molar-refractivity contribution in [3.63, 3.8) is 0 Å². The highest BCUT2D eigenvalue weighted by Crippen LogP contribution is 2.10. The molecular formula is C9H14N2O3. The van der Waals surface area contributed by atoms with Gasteiger partial charge in [0.05, 0.1) is 18.7 Å². The predicted molar refractivity (Wildman–Crippen MR) is 50.5 cm³/mol. The molecule has 5 nitrogen and oxygen atoms in total.